The minimum absolute atomic E-state index is 0.104. The first kappa shape index (κ1) is 21.5. The second kappa shape index (κ2) is 9.99. The molecule has 0 bridgehead atoms. The van der Waals surface area contributed by atoms with Gasteiger partial charge in [-0.15, -0.1) is 0 Å². The topological polar surface area (TPSA) is 57.2 Å². The highest BCUT2D eigenvalue weighted by atomic mass is 16.5. The molecular weight excluding hydrogens is 364 g/mol. The summed E-state index contributed by atoms with van der Waals surface area (Å²) in [7, 11) is 1.71. The standard InChI is InChI=1S/C23H36N4O2/c1-4-24-22(27-16-14-26(15-17-27)19(2)28)25-18-23(12-6-5-7-13-23)20-8-10-21(29-3)11-9-20/h8-11H,4-7,12-18H2,1-3H3,(H,24,25). The third-order valence-corrected chi connectivity index (χ3v) is 6.40. The zero-order chi connectivity index (χ0) is 20.7. The first-order chi connectivity index (χ1) is 14.1. The van der Waals surface area contributed by atoms with E-state index < -0.39 is 0 Å². The summed E-state index contributed by atoms with van der Waals surface area (Å²) in [6.07, 6.45) is 6.19. The molecule has 160 valence electrons. The van der Waals surface area contributed by atoms with Gasteiger partial charge in [-0.1, -0.05) is 31.4 Å². The minimum atomic E-state index is 0.104. The van der Waals surface area contributed by atoms with Crippen LogP contribution in [-0.2, 0) is 10.2 Å². The van der Waals surface area contributed by atoms with E-state index in [0.717, 1.165) is 51.0 Å². The van der Waals surface area contributed by atoms with E-state index in [9.17, 15) is 4.79 Å². The van der Waals surface area contributed by atoms with E-state index in [4.69, 9.17) is 9.73 Å². The van der Waals surface area contributed by atoms with Crippen LogP contribution in [0.3, 0.4) is 0 Å². The number of benzene rings is 1. The summed E-state index contributed by atoms with van der Waals surface area (Å²) in [5.74, 6) is 2.04. The maximum Gasteiger partial charge on any atom is 0.219 e. The van der Waals surface area contributed by atoms with Crippen molar-refractivity contribution in [3.63, 3.8) is 0 Å². The summed E-state index contributed by atoms with van der Waals surface area (Å²) in [5, 5.41) is 3.48. The molecule has 3 rings (SSSR count). The third-order valence-electron chi connectivity index (χ3n) is 6.40. The number of aliphatic imine (C=N–C) groups is 1. The maximum atomic E-state index is 11.6. The lowest BCUT2D eigenvalue weighted by atomic mass is 9.69. The smallest absolute Gasteiger partial charge is 0.219 e. The number of hydrogen-bond acceptors (Lipinski definition) is 3. The molecule has 0 aromatic heterocycles. The fourth-order valence-electron chi connectivity index (χ4n) is 4.60. The average molecular weight is 401 g/mol. The Morgan fingerprint density at radius 3 is 2.24 bits per heavy atom. The summed E-state index contributed by atoms with van der Waals surface area (Å²) in [5.41, 5.74) is 1.48. The lowest BCUT2D eigenvalue weighted by Gasteiger charge is -2.39. The molecule has 0 radical (unpaired) electrons. The Kier molecular flexibility index (Phi) is 7.40. The van der Waals surface area contributed by atoms with E-state index in [-0.39, 0.29) is 11.3 Å². The molecule has 1 saturated carbocycles. The van der Waals surface area contributed by atoms with Gasteiger partial charge < -0.3 is 19.9 Å². The molecule has 1 amide bonds. The molecular formula is C23H36N4O2. The number of guanidine groups is 1. The van der Waals surface area contributed by atoms with Crippen molar-refractivity contribution in [1.29, 1.82) is 0 Å². The van der Waals surface area contributed by atoms with Crippen LogP contribution in [0, 0.1) is 0 Å². The molecule has 29 heavy (non-hydrogen) atoms. The molecule has 1 aliphatic heterocycles. The van der Waals surface area contributed by atoms with Gasteiger partial charge in [0.1, 0.15) is 5.75 Å². The zero-order valence-corrected chi connectivity index (χ0v) is 18.2. The molecule has 0 unspecified atom stereocenters. The Morgan fingerprint density at radius 2 is 1.69 bits per heavy atom. The van der Waals surface area contributed by atoms with Crippen LogP contribution in [0.4, 0.5) is 0 Å². The number of hydrogen-bond donors (Lipinski definition) is 1. The normalized spacial score (nSPS) is 19.8. The summed E-state index contributed by atoms with van der Waals surface area (Å²) < 4.78 is 5.35. The number of rotatable bonds is 5. The number of amides is 1. The van der Waals surface area contributed by atoms with Gasteiger partial charge in [-0.3, -0.25) is 9.79 Å². The Labute approximate surface area is 175 Å². The highest BCUT2D eigenvalue weighted by Crippen LogP contribution is 2.40. The van der Waals surface area contributed by atoms with Gasteiger partial charge in [0.15, 0.2) is 5.96 Å². The Balaban J connectivity index is 1.77. The van der Waals surface area contributed by atoms with Crippen LogP contribution in [0.5, 0.6) is 5.75 Å². The van der Waals surface area contributed by atoms with Gasteiger partial charge in [-0.2, -0.15) is 0 Å². The van der Waals surface area contributed by atoms with Gasteiger partial charge in [-0.05, 0) is 37.5 Å². The molecule has 6 nitrogen and oxygen atoms in total. The van der Waals surface area contributed by atoms with Crippen molar-refractivity contribution in [2.24, 2.45) is 4.99 Å². The van der Waals surface area contributed by atoms with Crippen LogP contribution in [-0.4, -0.2) is 68.0 Å². The number of ether oxygens (including phenoxy) is 1. The fourth-order valence-corrected chi connectivity index (χ4v) is 4.60. The summed E-state index contributed by atoms with van der Waals surface area (Å²) in [6, 6.07) is 8.58. The minimum Gasteiger partial charge on any atom is -0.497 e. The number of carbonyl (C=O) groups is 1. The van der Waals surface area contributed by atoms with Gasteiger partial charge >= 0.3 is 0 Å². The molecule has 1 aliphatic carbocycles. The lowest BCUT2D eigenvalue weighted by Crippen LogP contribution is -2.53. The van der Waals surface area contributed by atoms with Gasteiger partial charge in [-0.25, -0.2) is 0 Å². The summed E-state index contributed by atoms with van der Waals surface area (Å²) in [6.45, 7) is 8.61. The molecule has 2 aliphatic rings. The van der Waals surface area contributed by atoms with Crippen molar-refractivity contribution >= 4 is 11.9 Å². The molecule has 1 aromatic rings. The number of nitrogens with one attached hydrogen (secondary N) is 1. The molecule has 2 fully saturated rings. The van der Waals surface area contributed by atoms with Gasteiger partial charge in [0.05, 0.1) is 13.7 Å². The van der Waals surface area contributed by atoms with Crippen molar-refractivity contribution in [3.05, 3.63) is 29.8 Å². The summed E-state index contributed by atoms with van der Waals surface area (Å²) >= 11 is 0. The molecule has 1 N–H and O–H groups in total. The van der Waals surface area contributed by atoms with Crippen LogP contribution in [0.2, 0.25) is 0 Å². The lowest BCUT2D eigenvalue weighted by molar-refractivity contribution is -0.130. The molecule has 6 heteroatoms. The molecule has 0 atom stereocenters. The van der Waals surface area contributed by atoms with Crippen molar-refractivity contribution < 1.29 is 9.53 Å². The largest absolute Gasteiger partial charge is 0.497 e. The Morgan fingerprint density at radius 1 is 1.07 bits per heavy atom. The van der Waals surface area contributed by atoms with Gasteiger partial charge in [0, 0.05) is 45.1 Å². The summed E-state index contributed by atoms with van der Waals surface area (Å²) in [4.78, 5) is 21.0. The number of nitrogens with zero attached hydrogens (tertiary/aromatic N) is 3. The first-order valence-corrected chi connectivity index (χ1v) is 11.0. The first-order valence-electron chi connectivity index (χ1n) is 11.0. The van der Waals surface area contributed by atoms with Crippen LogP contribution in [0.25, 0.3) is 0 Å². The molecule has 1 aromatic carbocycles. The van der Waals surface area contributed by atoms with E-state index in [1.165, 1.54) is 37.7 Å². The number of carbonyl (C=O) groups excluding carboxylic acids is 1. The number of methoxy groups -OCH3 is 1. The maximum absolute atomic E-state index is 11.6. The van der Waals surface area contributed by atoms with Crippen molar-refractivity contribution in [2.45, 2.75) is 51.4 Å². The second-order valence-electron chi connectivity index (χ2n) is 8.23. The quantitative estimate of drug-likeness (QED) is 0.610. The molecule has 1 saturated heterocycles. The van der Waals surface area contributed by atoms with Gasteiger partial charge in [0.2, 0.25) is 5.91 Å². The van der Waals surface area contributed by atoms with Crippen LogP contribution < -0.4 is 10.1 Å². The van der Waals surface area contributed by atoms with E-state index in [2.05, 4.69) is 41.4 Å². The predicted octanol–water partition coefficient (Wildman–Crippen LogP) is 3.03. The average Bonchev–Trinajstić information content (AvgIpc) is 2.77. The van der Waals surface area contributed by atoms with E-state index in [1.54, 1.807) is 14.0 Å². The third kappa shape index (κ3) is 5.22. The predicted molar refractivity (Wildman–Crippen MR) is 118 cm³/mol. The zero-order valence-electron chi connectivity index (χ0n) is 18.2. The fraction of sp³-hybridized carbons (Fsp3) is 0.652. The van der Waals surface area contributed by atoms with Crippen molar-refractivity contribution in [1.82, 2.24) is 15.1 Å². The molecule has 0 spiro atoms. The van der Waals surface area contributed by atoms with Crippen molar-refractivity contribution in [2.75, 3.05) is 46.4 Å². The van der Waals surface area contributed by atoms with Crippen LogP contribution in [0.15, 0.2) is 29.3 Å². The van der Waals surface area contributed by atoms with Crippen molar-refractivity contribution in [3.8, 4) is 5.75 Å². The van der Waals surface area contributed by atoms with E-state index in [1.807, 2.05) is 4.90 Å². The SMILES string of the molecule is CCNC(=NCC1(c2ccc(OC)cc2)CCCCC1)N1CCN(C(C)=O)CC1. The van der Waals surface area contributed by atoms with E-state index in [0.29, 0.717) is 0 Å². The van der Waals surface area contributed by atoms with Crippen LogP contribution >= 0.6 is 0 Å². The molecule has 1 heterocycles. The Hall–Kier alpha value is -2.24. The van der Waals surface area contributed by atoms with E-state index >= 15 is 0 Å². The van der Waals surface area contributed by atoms with Gasteiger partial charge in [0.25, 0.3) is 0 Å². The highest BCUT2D eigenvalue weighted by Gasteiger charge is 2.34. The number of piperazine rings is 1. The van der Waals surface area contributed by atoms with Crippen LogP contribution in [0.1, 0.15) is 51.5 Å². The monoisotopic (exact) mass is 400 g/mol. The highest BCUT2D eigenvalue weighted by molar-refractivity contribution is 5.80. The second-order valence-corrected chi connectivity index (χ2v) is 8.23. The Bertz CT molecular complexity index is 687.